The highest BCUT2D eigenvalue weighted by atomic mass is 19.1. The number of hydrogen-bond donors (Lipinski definition) is 0. The molecule has 6 nitrogen and oxygen atoms in total. The Labute approximate surface area is 137 Å². The molecule has 1 heterocycles. The minimum atomic E-state index is -0.523. The number of halogens is 1. The number of nitro benzene ring substituents is 1. The van der Waals surface area contributed by atoms with Crippen LogP contribution in [0.3, 0.4) is 0 Å². The van der Waals surface area contributed by atoms with E-state index in [1.54, 1.807) is 18.2 Å². The second-order valence-electron chi connectivity index (χ2n) is 5.43. The maximum absolute atomic E-state index is 13.1. The van der Waals surface area contributed by atoms with Gasteiger partial charge >= 0.3 is 0 Å². The molecule has 122 valence electrons. The third kappa shape index (κ3) is 3.19. The monoisotopic (exact) mass is 327 g/mol. The SMILES string of the molecule is N#Cc1cc([N+](=O)[O-])ccc1N1CCOC(c2ccc(F)cc2)C1. The quantitative estimate of drug-likeness (QED) is 0.639. The first-order chi connectivity index (χ1) is 11.6. The first-order valence-electron chi connectivity index (χ1n) is 7.39. The number of morpholine rings is 1. The number of ether oxygens (including phenoxy) is 1. The van der Waals surface area contributed by atoms with Crippen LogP contribution in [0, 0.1) is 27.3 Å². The summed E-state index contributed by atoms with van der Waals surface area (Å²) in [6, 6.07) is 12.4. The highest BCUT2D eigenvalue weighted by Crippen LogP contribution is 2.30. The summed E-state index contributed by atoms with van der Waals surface area (Å²) in [4.78, 5) is 12.3. The summed E-state index contributed by atoms with van der Waals surface area (Å²) in [5.74, 6) is -0.312. The van der Waals surface area contributed by atoms with Crippen molar-refractivity contribution < 1.29 is 14.1 Å². The van der Waals surface area contributed by atoms with Crippen molar-refractivity contribution >= 4 is 11.4 Å². The van der Waals surface area contributed by atoms with Crippen molar-refractivity contribution in [3.05, 3.63) is 69.5 Å². The van der Waals surface area contributed by atoms with Crippen molar-refractivity contribution in [3.63, 3.8) is 0 Å². The lowest BCUT2D eigenvalue weighted by atomic mass is 10.1. The standard InChI is InChI=1S/C17H14FN3O3/c18-14-3-1-12(2-4-14)17-11-20(7-8-24-17)16-6-5-15(21(22)23)9-13(16)10-19/h1-6,9,17H,7-8,11H2. The maximum atomic E-state index is 13.1. The minimum Gasteiger partial charge on any atom is -0.370 e. The highest BCUT2D eigenvalue weighted by Gasteiger charge is 2.24. The molecule has 1 saturated heterocycles. The van der Waals surface area contributed by atoms with Gasteiger partial charge in [0.2, 0.25) is 0 Å². The predicted octanol–water partition coefficient (Wildman–Crippen LogP) is 3.18. The van der Waals surface area contributed by atoms with Gasteiger partial charge in [-0.3, -0.25) is 10.1 Å². The van der Waals surface area contributed by atoms with Crippen LogP contribution in [0.4, 0.5) is 15.8 Å². The van der Waals surface area contributed by atoms with Gasteiger partial charge in [-0.15, -0.1) is 0 Å². The van der Waals surface area contributed by atoms with E-state index in [0.717, 1.165) is 5.56 Å². The van der Waals surface area contributed by atoms with Crippen molar-refractivity contribution in [2.45, 2.75) is 6.10 Å². The van der Waals surface area contributed by atoms with E-state index in [2.05, 4.69) is 0 Å². The second kappa shape index (κ2) is 6.64. The molecule has 0 N–H and O–H groups in total. The van der Waals surface area contributed by atoms with E-state index in [9.17, 15) is 19.8 Å². The molecule has 0 radical (unpaired) electrons. The summed E-state index contributed by atoms with van der Waals surface area (Å²) in [5.41, 5.74) is 1.63. The Kier molecular flexibility index (Phi) is 4.40. The van der Waals surface area contributed by atoms with Crippen molar-refractivity contribution in [2.75, 3.05) is 24.6 Å². The molecule has 0 saturated carbocycles. The number of nitriles is 1. The fourth-order valence-corrected chi connectivity index (χ4v) is 2.75. The van der Waals surface area contributed by atoms with Gasteiger partial charge in [-0.25, -0.2) is 4.39 Å². The van der Waals surface area contributed by atoms with E-state index < -0.39 is 4.92 Å². The Bertz CT molecular complexity index is 802. The van der Waals surface area contributed by atoms with Crippen LogP contribution in [0.2, 0.25) is 0 Å². The summed E-state index contributed by atoms with van der Waals surface area (Å²) < 4.78 is 18.8. The number of nitro groups is 1. The van der Waals surface area contributed by atoms with Crippen LogP contribution in [0.1, 0.15) is 17.2 Å². The number of anilines is 1. The lowest BCUT2D eigenvalue weighted by Crippen LogP contribution is -2.38. The van der Waals surface area contributed by atoms with Crippen molar-refractivity contribution in [1.29, 1.82) is 5.26 Å². The average molecular weight is 327 g/mol. The van der Waals surface area contributed by atoms with Crippen LogP contribution in [0.5, 0.6) is 0 Å². The van der Waals surface area contributed by atoms with Gasteiger partial charge in [0.25, 0.3) is 5.69 Å². The van der Waals surface area contributed by atoms with E-state index in [1.807, 2.05) is 11.0 Å². The van der Waals surface area contributed by atoms with Gasteiger partial charge in [-0.2, -0.15) is 5.26 Å². The first kappa shape index (κ1) is 15.9. The first-order valence-corrected chi connectivity index (χ1v) is 7.39. The third-order valence-corrected chi connectivity index (χ3v) is 3.96. The Balaban J connectivity index is 1.86. The van der Waals surface area contributed by atoms with Crippen LogP contribution in [-0.2, 0) is 4.74 Å². The number of rotatable bonds is 3. The summed E-state index contributed by atoms with van der Waals surface area (Å²) >= 11 is 0. The van der Waals surface area contributed by atoms with Crippen LogP contribution < -0.4 is 4.90 Å². The zero-order valence-electron chi connectivity index (χ0n) is 12.7. The molecule has 0 spiro atoms. The molecule has 0 aromatic heterocycles. The van der Waals surface area contributed by atoms with Gasteiger partial charge in [0, 0.05) is 25.2 Å². The number of hydrogen-bond acceptors (Lipinski definition) is 5. The Morgan fingerprint density at radius 2 is 2.04 bits per heavy atom. The fraction of sp³-hybridized carbons (Fsp3) is 0.235. The largest absolute Gasteiger partial charge is 0.370 e. The van der Waals surface area contributed by atoms with Crippen LogP contribution in [0.25, 0.3) is 0 Å². The molecule has 0 aliphatic carbocycles. The normalized spacial score (nSPS) is 17.3. The van der Waals surface area contributed by atoms with Crippen LogP contribution >= 0.6 is 0 Å². The molecular weight excluding hydrogens is 313 g/mol. The zero-order chi connectivity index (χ0) is 17.1. The van der Waals surface area contributed by atoms with E-state index in [-0.39, 0.29) is 23.2 Å². The predicted molar refractivity (Wildman–Crippen MR) is 85.1 cm³/mol. The van der Waals surface area contributed by atoms with Gasteiger partial charge in [-0.1, -0.05) is 12.1 Å². The summed E-state index contributed by atoms with van der Waals surface area (Å²) in [6.45, 7) is 1.51. The van der Waals surface area contributed by atoms with Gasteiger partial charge in [0.1, 0.15) is 18.0 Å². The van der Waals surface area contributed by atoms with E-state index >= 15 is 0 Å². The van der Waals surface area contributed by atoms with Gasteiger partial charge in [-0.05, 0) is 23.8 Å². The van der Waals surface area contributed by atoms with Gasteiger partial charge in [0.05, 0.1) is 22.8 Å². The molecular formula is C17H14FN3O3. The highest BCUT2D eigenvalue weighted by molar-refractivity contribution is 5.63. The van der Waals surface area contributed by atoms with E-state index in [4.69, 9.17) is 4.74 Å². The summed E-state index contributed by atoms with van der Waals surface area (Å²) in [6.07, 6.45) is -0.249. The molecule has 2 aromatic carbocycles. The third-order valence-electron chi connectivity index (χ3n) is 3.96. The van der Waals surface area contributed by atoms with Gasteiger partial charge in [0.15, 0.2) is 0 Å². The Morgan fingerprint density at radius 1 is 1.29 bits per heavy atom. The molecule has 2 aromatic rings. The van der Waals surface area contributed by atoms with E-state index in [1.165, 1.54) is 24.3 Å². The topological polar surface area (TPSA) is 79.4 Å². The molecule has 0 bridgehead atoms. The molecule has 7 heteroatoms. The maximum Gasteiger partial charge on any atom is 0.270 e. The lowest BCUT2D eigenvalue weighted by molar-refractivity contribution is -0.384. The molecule has 24 heavy (non-hydrogen) atoms. The number of benzene rings is 2. The molecule has 1 atom stereocenters. The Morgan fingerprint density at radius 3 is 2.71 bits per heavy atom. The van der Waals surface area contributed by atoms with Crippen molar-refractivity contribution in [1.82, 2.24) is 0 Å². The molecule has 1 aliphatic heterocycles. The molecule has 3 rings (SSSR count). The molecule has 1 fully saturated rings. The van der Waals surface area contributed by atoms with Gasteiger partial charge < -0.3 is 9.64 Å². The number of nitrogens with zero attached hydrogens (tertiary/aromatic N) is 3. The van der Waals surface area contributed by atoms with Crippen LogP contribution in [-0.4, -0.2) is 24.6 Å². The second-order valence-corrected chi connectivity index (χ2v) is 5.43. The van der Waals surface area contributed by atoms with Crippen molar-refractivity contribution in [3.8, 4) is 6.07 Å². The Hall–Kier alpha value is -2.98. The minimum absolute atomic E-state index is 0.112. The lowest BCUT2D eigenvalue weighted by Gasteiger charge is -2.35. The fourth-order valence-electron chi connectivity index (χ4n) is 2.75. The summed E-state index contributed by atoms with van der Waals surface area (Å²) in [7, 11) is 0. The molecule has 1 unspecified atom stereocenters. The zero-order valence-corrected chi connectivity index (χ0v) is 12.7. The summed E-state index contributed by atoms with van der Waals surface area (Å²) in [5, 5.41) is 20.1. The van der Waals surface area contributed by atoms with E-state index in [0.29, 0.717) is 25.4 Å². The number of non-ortho nitro benzene ring substituents is 1. The van der Waals surface area contributed by atoms with Crippen LogP contribution in [0.15, 0.2) is 42.5 Å². The van der Waals surface area contributed by atoms with Crippen molar-refractivity contribution in [2.24, 2.45) is 0 Å². The molecule has 0 amide bonds. The smallest absolute Gasteiger partial charge is 0.270 e. The average Bonchev–Trinajstić information content (AvgIpc) is 2.61. The molecule has 1 aliphatic rings.